The van der Waals surface area contributed by atoms with Gasteiger partial charge in [-0.05, 0) is 18.4 Å². The lowest BCUT2D eigenvalue weighted by Gasteiger charge is -2.13. The average Bonchev–Trinajstić information content (AvgIpc) is 2.86. The fourth-order valence-electron chi connectivity index (χ4n) is 1.45. The second-order valence-electron chi connectivity index (χ2n) is 3.64. The number of thiophene rings is 1. The van der Waals surface area contributed by atoms with Crippen molar-refractivity contribution >= 4 is 33.8 Å². The molecule has 2 aromatic rings. The molecule has 0 fully saturated rings. The number of anilines is 1. The zero-order valence-electron chi connectivity index (χ0n) is 9.51. The predicted molar refractivity (Wildman–Crippen MR) is 70.2 cm³/mol. The zero-order chi connectivity index (χ0) is 12.4. The summed E-state index contributed by atoms with van der Waals surface area (Å²) in [6.07, 6.45) is 0. The third-order valence-corrected chi connectivity index (χ3v) is 4.23. The van der Waals surface area contributed by atoms with E-state index in [0.29, 0.717) is 0 Å². The minimum atomic E-state index is -0.963. The van der Waals surface area contributed by atoms with Gasteiger partial charge in [0, 0.05) is 16.8 Å². The molecule has 4 nitrogen and oxygen atoms in total. The molecule has 0 aliphatic heterocycles. The molecule has 2 heterocycles. The molecule has 0 atom stereocenters. The third kappa shape index (κ3) is 2.65. The number of nitrogens with zero attached hydrogens (tertiary/aromatic N) is 2. The molecule has 6 heteroatoms. The van der Waals surface area contributed by atoms with E-state index < -0.39 is 5.97 Å². The third-order valence-electron chi connectivity index (χ3n) is 2.29. The molecular weight excluding hydrogens is 256 g/mol. The monoisotopic (exact) mass is 268 g/mol. The molecule has 90 valence electrons. The first-order valence-electron chi connectivity index (χ1n) is 5.02. The molecule has 0 saturated carbocycles. The molecule has 0 bridgehead atoms. The Hall–Kier alpha value is -1.40. The summed E-state index contributed by atoms with van der Waals surface area (Å²) >= 11 is 3.09. The van der Waals surface area contributed by atoms with Gasteiger partial charge in [-0.1, -0.05) is 6.07 Å². The summed E-state index contributed by atoms with van der Waals surface area (Å²) in [5, 5.41) is 11.7. The molecule has 0 aromatic carbocycles. The van der Waals surface area contributed by atoms with Crippen molar-refractivity contribution in [3.63, 3.8) is 0 Å². The summed E-state index contributed by atoms with van der Waals surface area (Å²) < 4.78 is 0. The van der Waals surface area contributed by atoms with E-state index in [1.807, 2.05) is 23.4 Å². The van der Waals surface area contributed by atoms with E-state index >= 15 is 0 Å². The Balaban J connectivity index is 2.17. The van der Waals surface area contributed by atoms with Gasteiger partial charge in [0.2, 0.25) is 0 Å². The Morgan fingerprint density at radius 1 is 1.59 bits per heavy atom. The summed E-state index contributed by atoms with van der Waals surface area (Å²) in [5.41, 5.74) is 0.156. The molecule has 0 radical (unpaired) electrons. The van der Waals surface area contributed by atoms with Crippen LogP contribution in [-0.2, 0) is 6.54 Å². The quantitative estimate of drug-likeness (QED) is 0.926. The minimum absolute atomic E-state index is 0.156. The highest BCUT2D eigenvalue weighted by Gasteiger charge is 2.16. The van der Waals surface area contributed by atoms with Crippen LogP contribution >= 0.6 is 22.7 Å². The largest absolute Gasteiger partial charge is 0.476 e. The summed E-state index contributed by atoms with van der Waals surface area (Å²) in [4.78, 5) is 19.0. The number of thiazole rings is 1. The van der Waals surface area contributed by atoms with Gasteiger partial charge < -0.3 is 10.0 Å². The first-order valence-corrected chi connectivity index (χ1v) is 6.72. The number of aromatic nitrogens is 1. The molecule has 0 amide bonds. The van der Waals surface area contributed by atoms with E-state index in [1.165, 1.54) is 16.2 Å². The number of rotatable bonds is 4. The van der Waals surface area contributed by atoms with E-state index in [2.05, 4.69) is 11.1 Å². The number of aryl methyl sites for hydroxylation is 1. The van der Waals surface area contributed by atoms with Gasteiger partial charge in [-0.15, -0.1) is 22.7 Å². The summed E-state index contributed by atoms with van der Waals surface area (Å²) in [6.45, 7) is 2.54. The van der Waals surface area contributed by atoms with Crippen molar-refractivity contribution in [3.05, 3.63) is 33.0 Å². The first-order chi connectivity index (χ1) is 8.08. The molecule has 0 unspecified atom stereocenters. The van der Waals surface area contributed by atoms with Gasteiger partial charge in [0.1, 0.15) is 0 Å². The number of carboxylic acids is 1. The van der Waals surface area contributed by atoms with Crippen molar-refractivity contribution in [2.45, 2.75) is 13.5 Å². The lowest BCUT2D eigenvalue weighted by Crippen LogP contribution is -2.15. The van der Waals surface area contributed by atoms with Crippen LogP contribution in [0.3, 0.4) is 0 Å². The lowest BCUT2D eigenvalue weighted by molar-refractivity contribution is 0.0690. The topological polar surface area (TPSA) is 53.4 Å². The Kier molecular flexibility index (Phi) is 3.44. The summed E-state index contributed by atoms with van der Waals surface area (Å²) in [7, 11) is 1.92. The second kappa shape index (κ2) is 4.85. The summed E-state index contributed by atoms with van der Waals surface area (Å²) in [6, 6.07) is 4.06. The van der Waals surface area contributed by atoms with Crippen LogP contribution < -0.4 is 4.90 Å². The molecule has 0 aliphatic rings. The van der Waals surface area contributed by atoms with Crippen LogP contribution in [-0.4, -0.2) is 23.1 Å². The number of carbonyl (C=O) groups is 1. The molecule has 0 spiro atoms. The van der Waals surface area contributed by atoms with Crippen LogP contribution in [0.2, 0.25) is 0 Å². The number of aromatic carboxylic acids is 1. The Morgan fingerprint density at radius 3 is 2.88 bits per heavy atom. The maximum atomic E-state index is 10.9. The molecular formula is C11H12N2O2S2. The summed E-state index contributed by atoms with van der Waals surface area (Å²) in [5.74, 6) is -0.963. The first kappa shape index (κ1) is 12.1. The highest BCUT2D eigenvalue weighted by Crippen LogP contribution is 2.26. The Labute approximate surface area is 107 Å². The molecule has 1 N–H and O–H groups in total. The van der Waals surface area contributed by atoms with Crippen molar-refractivity contribution in [2.24, 2.45) is 0 Å². The zero-order valence-corrected chi connectivity index (χ0v) is 11.1. The Bertz CT molecular complexity index is 520. The van der Waals surface area contributed by atoms with Crippen molar-refractivity contribution in [2.75, 3.05) is 11.9 Å². The average molecular weight is 268 g/mol. The van der Waals surface area contributed by atoms with E-state index in [4.69, 9.17) is 5.11 Å². The van der Waals surface area contributed by atoms with Gasteiger partial charge >= 0.3 is 5.97 Å². The fraction of sp³-hybridized carbons (Fsp3) is 0.273. The van der Waals surface area contributed by atoms with Crippen molar-refractivity contribution in [3.8, 4) is 0 Å². The van der Waals surface area contributed by atoms with Gasteiger partial charge in [-0.25, -0.2) is 9.78 Å². The van der Waals surface area contributed by atoms with Crippen LogP contribution in [0, 0.1) is 6.92 Å². The smallest absolute Gasteiger partial charge is 0.355 e. The second-order valence-corrected chi connectivity index (χ2v) is 5.86. The van der Waals surface area contributed by atoms with E-state index in [0.717, 1.165) is 16.6 Å². The Morgan fingerprint density at radius 2 is 2.35 bits per heavy atom. The van der Waals surface area contributed by atoms with Crippen molar-refractivity contribution < 1.29 is 9.90 Å². The molecule has 17 heavy (non-hydrogen) atoms. The molecule has 0 aliphatic carbocycles. The standard InChI is InChI=1S/C11H12N2O2S2/c1-7-9(10(14)15)12-11(17-7)13(2)6-8-4-3-5-16-8/h3-5H,6H2,1-2H3,(H,14,15). The SMILES string of the molecule is Cc1sc(N(C)Cc2cccs2)nc1C(=O)O. The van der Waals surface area contributed by atoms with E-state index in [-0.39, 0.29) is 5.69 Å². The maximum absolute atomic E-state index is 10.9. The fourth-order valence-corrected chi connectivity index (χ4v) is 3.07. The minimum Gasteiger partial charge on any atom is -0.476 e. The van der Waals surface area contributed by atoms with Gasteiger partial charge in [0.25, 0.3) is 0 Å². The van der Waals surface area contributed by atoms with Crippen molar-refractivity contribution in [1.82, 2.24) is 4.98 Å². The normalized spacial score (nSPS) is 10.5. The number of carboxylic acid groups (broad SMARTS) is 1. The van der Waals surface area contributed by atoms with Gasteiger partial charge in [-0.2, -0.15) is 0 Å². The lowest BCUT2D eigenvalue weighted by atomic mass is 10.4. The molecule has 2 rings (SSSR count). The van der Waals surface area contributed by atoms with Gasteiger partial charge in [0.15, 0.2) is 10.8 Å². The van der Waals surface area contributed by atoms with Crippen LogP contribution in [0.1, 0.15) is 20.2 Å². The van der Waals surface area contributed by atoms with E-state index in [1.54, 1.807) is 18.3 Å². The molecule has 2 aromatic heterocycles. The highest BCUT2D eigenvalue weighted by atomic mass is 32.1. The predicted octanol–water partition coefficient (Wildman–Crippen LogP) is 2.85. The van der Waals surface area contributed by atoms with Crippen LogP contribution in [0.25, 0.3) is 0 Å². The number of hydrogen-bond acceptors (Lipinski definition) is 5. The van der Waals surface area contributed by atoms with Crippen LogP contribution in [0.5, 0.6) is 0 Å². The highest BCUT2D eigenvalue weighted by molar-refractivity contribution is 7.15. The van der Waals surface area contributed by atoms with Crippen LogP contribution in [0.15, 0.2) is 17.5 Å². The molecule has 0 saturated heterocycles. The van der Waals surface area contributed by atoms with Gasteiger partial charge in [0.05, 0.1) is 6.54 Å². The van der Waals surface area contributed by atoms with Gasteiger partial charge in [-0.3, -0.25) is 0 Å². The maximum Gasteiger partial charge on any atom is 0.355 e. The van der Waals surface area contributed by atoms with E-state index in [9.17, 15) is 4.79 Å². The number of hydrogen-bond donors (Lipinski definition) is 1. The van der Waals surface area contributed by atoms with Crippen LogP contribution in [0.4, 0.5) is 5.13 Å². The van der Waals surface area contributed by atoms with Crippen molar-refractivity contribution in [1.29, 1.82) is 0 Å².